The first-order valence-corrected chi connectivity index (χ1v) is 32.8. The summed E-state index contributed by atoms with van der Waals surface area (Å²) in [7, 11) is 0. The minimum absolute atomic E-state index is 0.162. The monoisotopic (exact) mass is 1080 g/mol. The predicted octanol–water partition coefficient (Wildman–Crippen LogP) is 15.1. The fourth-order valence-corrected chi connectivity index (χ4v) is 11.1. The third-order valence-electron chi connectivity index (χ3n) is 15.9. The zero-order valence-electron chi connectivity index (χ0n) is 50.4. The first kappa shape index (κ1) is 70.6. The van der Waals surface area contributed by atoms with Crippen molar-refractivity contribution < 1.29 is 34.8 Å². The highest BCUT2D eigenvalue weighted by molar-refractivity contribution is 5.87. The molecular weight excluding hydrogens is 961 g/mol. The van der Waals surface area contributed by atoms with Gasteiger partial charge in [0.1, 0.15) is 6.04 Å². The van der Waals surface area contributed by atoms with Crippen LogP contribution < -0.4 is 5.32 Å². The first-order valence-electron chi connectivity index (χ1n) is 32.8. The summed E-state index contributed by atoms with van der Waals surface area (Å²) < 4.78 is 5.97. The van der Waals surface area contributed by atoms with Gasteiger partial charge in [-0.3, -0.25) is 14.6 Å². The SMILES string of the molecule is CCCCCCCCCCC(O)CN(CCCOC(=O)[C@H](Cc1c[nH]c2ccccc12)NC(=O)CCCN(CC(O)CCCCCCCCCC)CC(O)CCCCCCCCCC)CC(O)CCCCCCCCCC. The number of para-hydroxylation sites is 1. The van der Waals surface area contributed by atoms with Crippen molar-refractivity contribution in [2.75, 3.05) is 45.9 Å². The molecule has 4 unspecified atom stereocenters. The average molecular weight is 1080 g/mol. The number of benzene rings is 1. The lowest BCUT2D eigenvalue weighted by Crippen LogP contribution is -2.44. The number of hydrogen-bond acceptors (Lipinski definition) is 9. The van der Waals surface area contributed by atoms with Crippen molar-refractivity contribution in [1.82, 2.24) is 20.1 Å². The van der Waals surface area contributed by atoms with Crippen LogP contribution in [0.5, 0.6) is 0 Å². The second-order valence-electron chi connectivity index (χ2n) is 23.5. The van der Waals surface area contributed by atoms with E-state index in [9.17, 15) is 30.0 Å². The normalized spacial score (nSPS) is 13.9. The van der Waals surface area contributed by atoms with Gasteiger partial charge in [-0.25, -0.2) is 4.79 Å². The van der Waals surface area contributed by atoms with Crippen LogP contribution in [0.1, 0.15) is 284 Å². The standard InChI is InChI=1S/C66H122N4O7/c1-5-9-13-17-21-25-29-33-41-58(71)53-69(54-59(72)42-34-30-26-22-18-14-10-6-2)48-39-47-65(75)68-64(51-57-52-67-63-46-38-37-45-62(57)63)66(76)77-50-40-49-70(55-60(73)43-35-31-27-23-19-15-11-7-3)56-61(74)44-36-32-28-24-20-16-12-8-4/h37-38,45-46,52,58-61,64,67,71-74H,5-36,39-44,47-51,53-56H2,1-4H3,(H,68,75)/t58?,59?,60?,61?,64-/m0/s1. The van der Waals surface area contributed by atoms with Gasteiger partial charge >= 0.3 is 5.97 Å². The Bertz CT molecular complexity index is 1590. The van der Waals surface area contributed by atoms with E-state index in [0.29, 0.717) is 52.1 Å². The Kier molecular flexibility index (Phi) is 45.2. The van der Waals surface area contributed by atoms with Crippen LogP contribution in [0.15, 0.2) is 30.5 Å². The van der Waals surface area contributed by atoms with E-state index in [1.165, 1.54) is 154 Å². The molecule has 0 bridgehead atoms. The number of aliphatic hydroxyl groups excluding tert-OH is 4. The summed E-state index contributed by atoms with van der Waals surface area (Å²) in [6.45, 7) is 12.2. The van der Waals surface area contributed by atoms with Gasteiger partial charge in [-0.1, -0.05) is 251 Å². The van der Waals surface area contributed by atoms with Crippen LogP contribution in [0.4, 0.5) is 0 Å². The number of rotatable bonds is 56. The molecule has 0 fully saturated rings. The van der Waals surface area contributed by atoms with Crippen molar-refractivity contribution in [3.05, 3.63) is 36.0 Å². The van der Waals surface area contributed by atoms with Crippen LogP contribution in [-0.2, 0) is 20.7 Å². The molecule has 5 atom stereocenters. The van der Waals surface area contributed by atoms with Crippen molar-refractivity contribution in [3.63, 3.8) is 0 Å². The molecule has 0 spiro atoms. The van der Waals surface area contributed by atoms with Crippen LogP contribution >= 0.6 is 0 Å². The van der Waals surface area contributed by atoms with Gasteiger partial charge < -0.3 is 35.5 Å². The zero-order chi connectivity index (χ0) is 55.8. The fourth-order valence-electron chi connectivity index (χ4n) is 11.1. The molecule has 0 aliphatic rings. The molecule has 1 amide bonds. The summed E-state index contributed by atoms with van der Waals surface area (Å²) in [6.07, 6.45) is 43.4. The van der Waals surface area contributed by atoms with Gasteiger partial charge in [0, 0.05) is 62.7 Å². The molecule has 0 aliphatic carbocycles. The molecule has 77 heavy (non-hydrogen) atoms. The Morgan fingerprint density at radius 2 is 0.831 bits per heavy atom. The number of esters is 1. The number of nitrogens with zero attached hydrogens (tertiary/aromatic N) is 2. The summed E-state index contributed by atoms with van der Waals surface area (Å²) in [5.74, 6) is -0.706. The lowest BCUT2D eigenvalue weighted by atomic mass is 10.0. The molecule has 6 N–H and O–H groups in total. The van der Waals surface area contributed by atoms with Crippen molar-refractivity contribution in [3.8, 4) is 0 Å². The van der Waals surface area contributed by atoms with Gasteiger partial charge in [-0.05, 0) is 56.7 Å². The Hall–Kier alpha value is -2.54. The highest BCUT2D eigenvalue weighted by Crippen LogP contribution is 2.21. The van der Waals surface area contributed by atoms with E-state index >= 15 is 0 Å². The van der Waals surface area contributed by atoms with E-state index in [0.717, 1.165) is 93.5 Å². The summed E-state index contributed by atoms with van der Waals surface area (Å²) in [6, 6.07) is 7.07. The number of carbonyl (C=O) groups is 2. The maximum Gasteiger partial charge on any atom is 0.328 e. The molecular formula is C66H122N4O7. The van der Waals surface area contributed by atoms with E-state index in [1.54, 1.807) is 0 Å². The number of hydrogen-bond donors (Lipinski definition) is 6. The van der Waals surface area contributed by atoms with Gasteiger partial charge in [-0.2, -0.15) is 0 Å². The largest absolute Gasteiger partial charge is 0.464 e. The quantitative estimate of drug-likeness (QED) is 0.0280. The molecule has 1 heterocycles. The predicted molar refractivity (Wildman–Crippen MR) is 325 cm³/mol. The molecule has 2 aromatic rings. The molecule has 0 radical (unpaired) electrons. The molecule has 1 aromatic heterocycles. The van der Waals surface area contributed by atoms with E-state index < -0.39 is 36.4 Å². The van der Waals surface area contributed by atoms with E-state index in [4.69, 9.17) is 4.74 Å². The van der Waals surface area contributed by atoms with Gasteiger partial charge in [0.2, 0.25) is 5.91 Å². The number of unbranched alkanes of at least 4 members (excludes halogenated alkanes) is 28. The summed E-state index contributed by atoms with van der Waals surface area (Å²) in [5.41, 5.74) is 1.89. The van der Waals surface area contributed by atoms with Gasteiger partial charge in [0.15, 0.2) is 0 Å². The number of carbonyl (C=O) groups excluding carboxylic acids is 2. The Labute approximate surface area is 472 Å². The summed E-state index contributed by atoms with van der Waals surface area (Å²) in [5, 5.41) is 48.8. The molecule has 448 valence electrons. The first-order chi connectivity index (χ1) is 37.6. The second-order valence-corrected chi connectivity index (χ2v) is 23.5. The molecule has 11 nitrogen and oxygen atoms in total. The molecule has 1 aromatic carbocycles. The molecule has 2 rings (SSSR count). The number of aromatic nitrogens is 1. The van der Waals surface area contributed by atoms with Gasteiger partial charge in [-0.15, -0.1) is 0 Å². The van der Waals surface area contributed by atoms with E-state index in [-0.39, 0.29) is 25.4 Å². The summed E-state index contributed by atoms with van der Waals surface area (Å²) >= 11 is 0. The number of ether oxygens (including phenoxy) is 1. The lowest BCUT2D eigenvalue weighted by Gasteiger charge is -2.28. The molecule has 0 saturated carbocycles. The average Bonchev–Trinajstić information content (AvgIpc) is 3.82. The van der Waals surface area contributed by atoms with Gasteiger partial charge in [0.25, 0.3) is 0 Å². The highest BCUT2D eigenvalue weighted by atomic mass is 16.5. The Balaban J connectivity index is 2.04. The maximum atomic E-state index is 14.0. The third kappa shape index (κ3) is 38.7. The molecule has 0 aliphatic heterocycles. The zero-order valence-corrected chi connectivity index (χ0v) is 50.4. The minimum Gasteiger partial charge on any atom is -0.464 e. The third-order valence-corrected chi connectivity index (χ3v) is 15.9. The van der Waals surface area contributed by atoms with Crippen LogP contribution in [0.3, 0.4) is 0 Å². The number of amides is 1. The second kappa shape index (κ2) is 49.3. The number of fused-ring (bicyclic) bond motifs is 1. The van der Waals surface area contributed by atoms with Crippen molar-refractivity contribution >= 4 is 22.8 Å². The number of aromatic amines is 1. The Morgan fingerprint density at radius 3 is 1.22 bits per heavy atom. The highest BCUT2D eigenvalue weighted by Gasteiger charge is 2.25. The number of H-pyrrole nitrogens is 1. The molecule has 11 heteroatoms. The van der Waals surface area contributed by atoms with Crippen LogP contribution in [0, 0.1) is 0 Å². The summed E-state index contributed by atoms with van der Waals surface area (Å²) in [4.78, 5) is 35.4. The number of aliphatic hydroxyl groups is 4. The minimum atomic E-state index is -0.891. The van der Waals surface area contributed by atoms with Gasteiger partial charge in [0.05, 0.1) is 31.0 Å². The van der Waals surface area contributed by atoms with Crippen LogP contribution in [0.2, 0.25) is 0 Å². The van der Waals surface area contributed by atoms with Crippen molar-refractivity contribution in [2.24, 2.45) is 0 Å². The fraction of sp³-hybridized carbons (Fsp3) is 0.848. The number of nitrogens with one attached hydrogen (secondary N) is 2. The smallest absolute Gasteiger partial charge is 0.328 e. The topological polar surface area (TPSA) is 159 Å². The van der Waals surface area contributed by atoms with Crippen molar-refractivity contribution in [2.45, 2.75) is 315 Å². The van der Waals surface area contributed by atoms with Crippen LogP contribution in [0.25, 0.3) is 10.9 Å². The molecule has 0 saturated heterocycles. The maximum absolute atomic E-state index is 14.0. The Morgan fingerprint density at radius 1 is 0.481 bits per heavy atom. The van der Waals surface area contributed by atoms with E-state index in [1.807, 2.05) is 30.5 Å². The van der Waals surface area contributed by atoms with Crippen molar-refractivity contribution in [1.29, 1.82) is 0 Å². The van der Waals surface area contributed by atoms with Crippen LogP contribution in [-0.4, -0.2) is 123 Å². The lowest BCUT2D eigenvalue weighted by molar-refractivity contribution is -0.148. The van der Waals surface area contributed by atoms with E-state index in [2.05, 4.69) is 47.8 Å².